The lowest BCUT2D eigenvalue weighted by Crippen LogP contribution is -2.38. The smallest absolute Gasteiger partial charge is 0.238 e. The Hall–Kier alpha value is -0.950. The summed E-state index contributed by atoms with van der Waals surface area (Å²) in [7, 11) is -1.55. The van der Waals surface area contributed by atoms with Crippen molar-refractivity contribution in [1.82, 2.24) is 4.90 Å². The summed E-state index contributed by atoms with van der Waals surface area (Å²) in [6, 6.07) is 7.34. The van der Waals surface area contributed by atoms with Crippen LogP contribution in [0, 0.1) is 0 Å². The molecule has 0 radical (unpaired) electrons. The molecule has 0 bridgehead atoms. The first-order valence-electron chi connectivity index (χ1n) is 6.77. The van der Waals surface area contributed by atoms with Crippen LogP contribution in [0.5, 0.6) is 0 Å². The average Bonchev–Trinajstić information content (AvgIpc) is 2.82. The van der Waals surface area contributed by atoms with Crippen molar-refractivity contribution in [2.24, 2.45) is 5.14 Å². The van der Waals surface area contributed by atoms with E-state index in [1.165, 1.54) is 0 Å². The van der Waals surface area contributed by atoms with Gasteiger partial charge in [-0.15, -0.1) is 0 Å². The van der Waals surface area contributed by atoms with Gasteiger partial charge in [0.05, 0.1) is 11.0 Å². The molecule has 0 aliphatic carbocycles. The molecular formula is C14H22N2O3S. The Morgan fingerprint density at radius 2 is 1.95 bits per heavy atom. The third kappa shape index (κ3) is 3.20. The van der Waals surface area contributed by atoms with Gasteiger partial charge in [0.15, 0.2) is 0 Å². The van der Waals surface area contributed by atoms with E-state index in [0.29, 0.717) is 6.04 Å². The van der Waals surface area contributed by atoms with Crippen molar-refractivity contribution in [1.29, 1.82) is 0 Å². The van der Waals surface area contributed by atoms with E-state index in [2.05, 4.69) is 25.8 Å². The van der Waals surface area contributed by atoms with Gasteiger partial charge in [-0.1, -0.05) is 12.1 Å². The largest absolute Gasteiger partial charge is 0.377 e. The van der Waals surface area contributed by atoms with E-state index >= 15 is 0 Å². The van der Waals surface area contributed by atoms with E-state index in [4.69, 9.17) is 9.88 Å². The third-order valence-corrected chi connectivity index (χ3v) is 5.09. The molecule has 2 N–H and O–H groups in total. The van der Waals surface area contributed by atoms with Gasteiger partial charge in [0, 0.05) is 18.7 Å². The maximum Gasteiger partial charge on any atom is 0.238 e. The van der Waals surface area contributed by atoms with Gasteiger partial charge < -0.3 is 4.74 Å². The van der Waals surface area contributed by atoms with Crippen LogP contribution in [0.4, 0.5) is 0 Å². The molecule has 5 nitrogen and oxygen atoms in total. The molecule has 112 valence electrons. The monoisotopic (exact) mass is 298 g/mol. The van der Waals surface area contributed by atoms with Crippen molar-refractivity contribution in [2.45, 2.75) is 43.4 Å². The summed E-state index contributed by atoms with van der Waals surface area (Å²) in [5, 5.41) is 5.11. The number of likely N-dealkylation sites (N-methyl/N-ethyl adjacent to an activating group) is 1. The Morgan fingerprint density at radius 1 is 1.35 bits per heavy atom. The number of primary sulfonamides is 1. The molecule has 0 aromatic heterocycles. The molecule has 2 rings (SSSR count). The lowest BCUT2D eigenvalue weighted by atomic mass is 10.0. The van der Waals surface area contributed by atoms with E-state index in [0.717, 1.165) is 18.6 Å². The van der Waals surface area contributed by atoms with Crippen LogP contribution in [0.1, 0.15) is 31.9 Å². The van der Waals surface area contributed by atoms with Gasteiger partial charge in [0.1, 0.15) is 0 Å². The van der Waals surface area contributed by atoms with E-state index < -0.39 is 10.0 Å². The molecule has 0 amide bonds. The Morgan fingerprint density at radius 3 is 2.40 bits per heavy atom. The van der Waals surface area contributed by atoms with E-state index in [1.807, 2.05) is 12.1 Å². The van der Waals surface area contributed by atoms with Gasteiger partial charge in [-0.2, -0.15) is 0 Å². The number of sulfonamides is 1. The standard InChI is InChI=1S/C14H22N2O3S/c1-10(16(3)14-8-9-19-11(14)2)12-4-6-13(7-5-12)20(15,17)18/h4-7,10-11,14H,8-9H2,1-3H3,(H2,15,17,18)/t10-,11+,14+/m1/s1. The highest BCUT2D eigenvalue weighted by Gasteiger charge is 2.30. The molecule has 1 heterocycles. The van der Waals surface area contributed by atoms with Crippen LogP contribution < -0.4 is 5.14 Å². The van der Waals surface area contributed by atoms with Gasteiger partial charge in [0.2, 0.25) is 10.0 Å². The number of benzene rings is 1. The molecule has 0 spiro atoms. The van der Waals surface area contributed by atoms with E-state index in [9.17, 15) is 8.42 Å². The second-order valence-corrected chi connectivity index (χ2v) is 6.95. The molecule has 0 unspecified atom stereocenters. The maximum absolute atomic E-state index is 11.3. The molecular weight excluding hydrogens is 276 g/mol. The molecule has 0 saturated carbocycles. The fourth-order valence-corrected chi connectivity index (χ4v) is 3.23. The summed E-state index contributed by atoms with van der Waals surface area (Å²) < 4.78 is 28.1. The Bertz CT molecular complexity index is 556. The predicted molar refractivity (Wildman–Crippen MR) is 77.8 cm³/mol. The van der Waals surface area contributed by atoms with Crippen LogP contribution in [0.3, 0.4) is 0 Å². The fourth-order valence-electron chi connectivity index (χ4n) is 2.71. The number of nitrogens with two attached hydrogens (primary N) is 1. The van der Waals surface area contributed by atoms with Gasteiger partial charge in [-0.05, 0) is 45.0 Å². The van der Waals surface area contributed by atoms with Crippen LogP contribution in [-0.2, 0) is 14.8 Å². The number of hydrogen-bond acceptors (Lipinski definition) is 4. The van der Waals surface area contributed by atoms with Crippen molar-refractivity contribution in [3.63, 3.8) is 0 Å². The van der Waals surface area contributed by atoms with Crippen LogP contribution in [0.15, 0.2) is 29.2 Å². The van der Waals surface area contributed by atoms with Crippen molar-refractivity contribution in [2.75, 3.05) is 13.7 Å². The normalized spacial score (nSPS) is 25.1. The van der Waals surface area contributed by atoms with Gasteiger partial charge in [0.25, 0.3) is 0 Å². The minimum atomic E-state index is -3.62. The lowest BCUT2D eigenvalue weighted by Gasteiger charge is -2.32. The number of ether oxygens (including phenoxy) is 1. The highest BCUT2D eigenvalue weighted by molar-refractivity contribution is 7.89. The van der Waals surface area contributed by atoms with Crippen LogP contribution in [-0.4, -0.2) is 39.1 Å². The Kier molecular flexibility index (Phi) is 4.49. The molecule has 1 aromatic carbocycles. The molecule has 1 saturated heterocycles. The first-order valence-corrected chi connectivity index (χ1v) is 8.31. The topological polar surface area (TPSA) is 72.6 Å². The van der Waals surface area contributed by atoms with E-state index in [-0.39, 0.29) is 17.0 Å². The van der Waals surface area contributed by atoms with Crippen LogP contribution >= 0.6 is 0 Å². The first kappa shape index (κ1) is 15.4. The van der Waals surface area contributed by atoms with Crippen molar-refractivity contribution in [3.05, 3.63) is 29.8 Å². The maximum atomic E-state index is 11.3. The summed E-state index contributed by atoms with van der Waals surface area (Å²) in [6.45, 7) is 5.00. The molecule has 20 heavy (non-hydrogen) atoms. The predicted octanol–water partition coefficient (Wildman–Crippen LogP) is 1.50. The summed E-state index contributed by atoms with van der Waals surface area (Å²) in [4.78, 5) is 2.43. The molecule has 6 heteroatoms. The molecule has 1 aromatic rings. The minimum absolute atomic E-state index is 0.147. The molecule has 3 atom stereocenters. The summed E-state index contributed by atoms with van der Waals surface area (Å²) >= 11 is 0. The average molecular weight is 298 g/mol. The van der Waals surface area contributed by atoms with Gasteiger partial charge in [-0.25, -0.2) is 13.6 Å². The van der Waals surface area contributed by atoms with Crippen LogP contribution in [0.2, 0.25) is 0 Å². The number of hydrogen-bond donors (Lipinski definition) is 1. The fraction of sp³-hybridized carbons (Fsp3) is 0.571. The highest BCUT2D eigenvalue weighted by Crippen LogP contribution is 2.27. The third-order valence-electron chi connectivity index (χ3n) is 4.16. The van der Waals surface area contributed by atoms with Gasteiger partial charge in [-0.3, -0.25) is 4.90 Å². The number of rotatable bonds is 4. The van der Waals surface area contributed by atoms with Crippen molar-refractivity contribution in [3.8, 4) is 0 Å². The lowest BCUT2D eigenvalue weighted by molar-refractivity contribution is 0.0704. The zero-order valence-electron chi connectivity index (χ0n) is 12.1. The summed E-state index contributed by atoms with van der Waals surface area (Å²) in [5.74, 6) is 0. The van der Waals surface area contributed by atoms with Crippen molar-refractivity contribution < 1.29 is 13.2 Å². The minimum Gasteiger partial charge on any atom is -0.377 e. The SMILES string of the molecule is C[C@@H]1OCC[C@@H]1N(C)[C@H](C)c1ccc(S(N)(=O)=O)cc1. The zero-order chi connectivity index (χ0) is 14.9. The van der Waals surface area contributed by atoms with E-state index in [1.54, 1.807) is 12.1 Å². The highest BCUT2D eigenvalue weighted by atomic mass is 32.2. The van der Waals surface area contributed by atoms with Crippen molar-refractivity contribution >= 4 is 10.0 Å². The molecule has 1 fully saturated rings. The van der Waals surface area contributed by atoms with Crippen LogP contribution in [0.25, 0.3) is 0 Å². The molecule has 1 aliphatic heterocycles. The Labute approximate surface area is 120 Å². The quantitative estimate of drug-likeness (QED) is 0.914. The van der Waals surface area contributed by atoms with Gasteiger partial charge >= 0.3 is 0 Å². The summed E-state index contributed by atoms with van der Waals surface area (Å²) in [5.41, 5.74) is 1.07. The number of nitrogens with zero attached hydrogens (tertiary/aromatic N) is 1. The zero-order valence-corrected chi connectivity index (χ0v) is 12.9. The second kappa shape index (κ2) is 5.81. The second-order valence-electron chi connectivity index (χ2n) is 5.39. The first-order chi connectivity index (χ1) is 9.30. The summed E-state index contributed by atoms with van der Waals surface area (Å²) in [6.07, 6.45) is 1.25. The molecule has 1 aliphatic rings. The Balaban J connectivity index is 2.14.